The summed E-state index contributed by atoms with van der Waals surface area (Å²) in [7, 11) is 1.56. The van der Waals surface area contributed by atoms with Gasteiger partial charge < -0.3 is 31.3 Å². The number of fused-ring (bicyclic) bond motifs is 1. The molecule has 1 unspecified atom stereocenters. The van der Waals surface area contributed by atoms with Gasteiger partial charge in [0.2, 0.25) is 17.7 Å². The zero-order chi connectivity index (χ0) is 30.1. The second-order valence-corrected chi connectivity index (χ2v) is 10.5. The summed E-state index contributed by atoms with van der Waals surface area (Å²) in [5, 5.41) is 16.6. The first-order valence-electron chi connectivity index (χ1n) is 14.0. The number of nitrogens with zero attached hydrogens (tertiary/aromatic N) is 1. The van der Waals surface area contributed by atoms with Gasteiger partial charge in [-0.1, -0.05) is 37.3 Å². The molecule has 2 aromatic carbocycles. The molecule has 0 radical (unpaired) electrons. The predicted molar refractivity (Wildman–Crippen MR) is 155 cm³/mol. The van der Waals surface area contributed by atoms with Crippen molar-refractivity contribution in [2.75, 3.05) is 20.2 Å². The first-order valence-corrected chi connectivity index (χ1v) is 14.0. The van der Waals surface area contributed by atoms with E-state index in [2.05, 4.69) is 16.0 Å². The van der Waals surface area contributed by atoms with Gasteiger partial charge in [0.15, 0.2) is 0 Å². The van der Waals surface area contributed by atoms with E-state index in [4.69, 9.17) is 15.9 Å². The maximum absolute atomic E-state index is 14.0. The van der Waals surface area contributed by atoms with E-state index in [1.54, 1.807) is 44.3 Å². The molecule has 3 rings (SSSR count). The van der Waals surface area contributed by atoms with E-state index in [1.165, 1.54) is 17.0 Å². The van der Waals surface area contributed by atoms with Crippen molar-refractivity contribution in [2.45, 2.75) is 70.6 Å². The van der Waals surface area contributed by atoms with Gasteiger partial charge in [0, 0.05) is 37.7 Å². The van der Waals surface area contributed by atoms with Crippen LogP contribution in [-0.4, -0.2) is 72.8 Å². The van der Waals surface area contributed by atoms with Gasteiger partial charge in [-0.15, -0.1) is 0 Å². The maximum Gasteiger partial charge on any atom is 0.243 e. The number of hydrogen-bond acceptors (Lipinski definition) is 6. The van der Waals surface area contributed by atoms with Crippen LogP contribution in [0.15, 0.2) is 42.5 Å². The highest BCUT2D eigenvalue weighted by atomic mass is 19.1. The normalized spacial score (nSPS) is 23.3. The quantitative estimate of drug-likeness (QED) is 0.281. The molecule has 1 aliphatic rings. The minimum atomic E-state index is -0.914. The molecule has 10 nitrogen and oxygen atoms in total. The highest BCUT2D eigenvalue weighted by Crippen LogP contribution is 2.22. The van der Waals surface area contributed by atoms with E-state index >= 15 is 0 Å². The maximum atomic E-state index is 14.0. The van der Waals surface area contributed by atoms with Gasteiger partial charge in [-0.2, -0.15) is 0 Å². The third-order valence-corrected chi connectivity index (χ3v) is 7.37. The van der Waals surface area contributed by atoms with Gasteiger partial charge in [-0.3, -0.25) is 19.8 Å². The van der Waals surface area contributed by atoms with Gasteiger partial charge >= 0.3 is 0 Å². The number of nitrogens with one attached hydrogen (secondary N) is 4. The molecule has 0 aromatic heterocycles. The first kappa shape index (κ1) is 31.5. The molecule has 222 valence electrons. The number of ether oxygens (including phenoxy) is 1. The minimum absolute atomic E-state index is 0.0660. The fraction of sp³-hybridized carbons (Fsp3) is 0.467. The molecule has 6 N–H and O–H groups in total. The summed E-state index contributed by atoms with van der Waals surface area (Å²) in [5.41, 5.74) is 7.69. The monoisotopic (exact) mass is 568 g/mol. The molecular weight excluding hydrogens is 527 g/mol. The molecule has 11 heteroatoms. The molecule has 2 aromatic rings. The molecule has 0 fully saturated rings. The highest BCUT2D eigenvalue weighted by molar-refractivity contribution is 5.95. The minimum Gasteiger partial charge on any atom is -0.492 e. The average Bonchev–Trinajstić information content (AvgIpc) is 2.95. The molecule has 3 amide bonds. The number of nitrogen functional groups attached to an aromatic ring is 1. The Kier molecular flexibility index (Phi) is 11.2. The number of rotatable bonds is 4. The standard InChI is InChI=1S/C30H41FN6O4/c1-5-24-30(40)37(4)19(3)28(38)36-25(16-20-7-10-22(11-8-20)27(32)33)29(39)35-18(2)6-9-21-12-13-23(31)17-26(21)41-15-14-34-24/h7-8,10-13,17-19,24-25,34H,5-6,9,14-16H2,1-4H3,(H3,32,33)(H,35,39)(H,36,38)/t18-,19-,24?,25-/m1/s1. The fourth-order valence-electron chi connectivity index (χ4n) is 4.63. The van der Waals surface area contributed by atoms with Gasteiger partial charge in [-0.25, -0.2) is 4.39 Å². The number of carbonyl (C=O) groups excluding carboxylic acids is 3. The predicted octanol–water partition coefficient (Wildman–Crippen LogP) is 1.88. The van der Waals surface area contributed by atoms with E-state index < -0.39 is 29.8 Å². The Morgan fingerprint density at radius 1 is 1.07 bits per heavy atom. The number of amidine groups is 1. The van der Waals surface area contributed by atoms with Crippen LogP contribution in [0.25, 0.3) is 0 Å². The SMILES string of the molecule is CCC1NCCOc2cc(F)ccc2CC[C@@H](C)NC(=O)[C@@H](Cc2ccc(C(=N)N)cc2)NC(=O)[C@@H](C)N(C)C1=O. The summed E-state index contributed by atoms with van der Waals surface area (Å²) in [4.78, 5) is 41.3. The molecule has 41 heavy (non-hydrogen) atoms. The number of likely N-dealkylation sites (N-methyl/N-ethyl adjacent to an activating group) is 1. The van der Waals surface area contributed by atoms with Crippen LogP contribution in [0.4, 0.5) is 4.39 Å². The van der Waals surface area contributed by atoms with Crippen molar-refractivity contribution in [2.24, 2.45) is 5.73 Å². The largest absolute Gasteiger partial charge is 0.492 e. The van der Waals surface area contributed by atoms with Crippen LogP contribution in [-0.2, 0) is 27.2 Å². The number of hydrogen-bond donors (Lipinski definition) is 5. The third kappa shape index (κ3) is 8.75. The summed E-state index contributed by atoms with van der Waals surface area (Å²) in [6.45, 7) is 5.92. The molecule has 0 aliphatic carbocycles. The lowest BCUT2D eigenvalue weighted by Crippen LogP contribution is -2.57. The van der Waals surface area contributed by atoms with Crippen molar-refractivity contribution in [3.8, 4) is 5.75 Å². The zero-order valence-corrected chi connectivity index (χ0v) is 24.1. The van der Waals surface area contributed by atoms with Crippen LogP contribution >= 0.6 is 0 Å². The Balaban J connectivity index is 1.88. The summed E-state index contributed by atoms with van der Waals surface area (Å²) in [5.74, 6) is -1.14. The Bertz CT molecular complexity index is 1240. The highest BCUT2D eigenvalue weighted by Gasteiger charge is 2.30. The molecule has 0 saturated carbocycles. The Morgan fingerprint density at radius 2 is 1.78 bits per heavy atom. The van der Waals surface area contributed by atoms with Gasteiger partial charge in [0.25, 0.3) is 0 Å². The van der Waals surface area contributed by atoms with Crippen molar-refractivity contribution in [3.05, 3.63) is 65.0 Å². The van der Waals surface area contributed by atoms with Gasteiger partial charge in [0.05, 0.1) is 6.04 Å². The topological polar surface area (TPSA) is 150 Å². The van der Waals surface area contributed by atoms with Crippen molar-refractivity contribution in [1.82, 2.24) is 20.9 Å². The Morgan fingerprint density at radius 3 is 2.44 bits per heavy atom. The smallest absolute Gasteiger partial charge is 0.243 e. The number of halogens is 1. The van der Waals surface area contributed by atoms with E-state index in [1.807, 2.05) is 13.8 Å². The Labute approximate surface area is 240 Å². The molecule has 1 heterocycles. The number of nitrogens with two attached hydrogens (primary N) is 1. The van der Waals surface area contributed by atoms with E-state index in [0.717, 1.165) is 11.1 Å². The summed E-state index contributed by atoms with van der Waals surface area (Å²) in [6.07, 6.45) is 1.78. The van der Waals surface area contributed by atoms with Crippen LogP contribution < -0.4 is 26.4 Å². The van der Waals surface area contributed by atoms with Crippen molar-refractivity contribution in [1.29, 1.82) is 5.41 Å². The third-order valence-electron chi connectivity index (χ3n) is 7.37. The first-order chi connectivity index (χ1) is 19.5. The molecule has 0 bridgehead atoms. The second kappa shape index (κ2) is 14.6. The lowest BCUT2D eigenvalue weighted by molar-refractivity contribution is -0.140. The molecule has 0 saturated heterocycles. The average molecular weight is 569 g/mol. The summed E-state index contributed by atoms with van der Waals surface area (Å²) in [6, 6.07) is 8.74. The van der Waals surface area contributed by atoms with Crippen molar-refractivity contribution >= 4 is 23.6 Å². The lowest BCUT2D eigenvalue weighted by atomic mass is 10.0. The van der Waals surface area contributed by atoms with Crippen LogP contribution in [0, 0.1) is 11.2 Å². The van der Waals surface area contributed by atoms with Crippen LogP contribution in [0.5, 0.6) is 5.75 Å². The summed E-state index contributed by atoms with van der Waals surface area (Å²) < 4.78 is 19.9. The second-order valence-electron chi connectivity index (χ2n) is 10.5. The fourth-order valence-corrected chi connectivity index (χ4v) is 4.63. The zero-order valence-electron chi connectivity index (χ0n) is 24.1. The number of benzene rings is 2. The van der Waals surface area contributed by atoms with E-state index in [0.29, 0.717) is 37.1 Å². The van der Waals surface area contributed by atoms with Gasteiger partial charge in [0.1, 0.15) is 36.1 Å². The molecule has 1 aliphatic heterocycles. The Hall–Kier alpha value is -3.99. The van der Waals surface area contributed by atoms with Gasteiger partial charge in [-0.05, 0) is 50.3 Å². The number of carbonyl (C=O) groups is 3. The van der Waals surface area contributed by atoms with Crippen LogP contribution in [0.1, 0.15) is 50.3 Å². The van der Waals surface area contributed by atoms with E-state index in [-0.39, 0.29) is 36.7 Å². The lowest BCUT2D eigenvalue weighted by Gasteiger charge is -2.30. The van der Waals surface area contributed by atoms with Crippen molar-refractivity contribution in [3.63, 3.8) is 0 Å². The molecular formula is C30H41FN6O4. The number of amides is 3. The van der Waals surface area contributed by atoms with Crippen LogP contribution in [0.2, 0.25) is 0 Å². The molecule has 4 atom stereocenters. The molecule has 0 spiro atoms. The summed E-state index contributed by atoms with van der Waals surface area (Å²) >= 11 is 0. The van der Waals surface area contributed by atoms with Crippen molar-refractivity contribution < 1.29 is 23.5 Å². The number of aryl methyl sites for hydroxylation is 1. The van der Waals surface area contributed by atoms with E-state index in [9.17, 15) is 18.8 Å². The van der Waals surface area contributed by atoms with Crippen LogP contribution in [0.3, 0.4) is 0 Å².